The summed E-state index contributed by atoms with van der Waals surface area (Å²) in [7, 11) is 0. The van der Waals surface area contributed by atoms with Crippen molar-refractivity contribution in [1.82, 2.24) is 4.57 Å². The third kappa shape index (κ3) is 1.32. The van der Waals surface area contributed by atoms with Crippen molar-refractivity contribution < 1.29 is 14.6 Å². The molecule has 3 rings (SSSR count). The molecule has 5 heteroatoms. The molecule has 0 unspecified atom stereocenters. The van der Waals surface area contributed by atoms with E-state index in [2.05, 4.69) is 0 Å². The van der Waals surface area contributed by atoms with Crippen LogP contribution in [-0.2, 0) is 6.54 Å². The molecule has 86 valence electrons. The van der Waals surface area contributed by atoms with Crippen molar-refractivity contribution in [3.05, 3.63) is 40.2 Å². The largest absolute Gasteiger partial charge is 0.490 e. The Kier molecular flexibility index (Phi) is 1.95. The maximum absolute atomic E-state index is 11.8. The molecule has 1 aliphatic rings. The second kappa shape index (κ2) is 3.35. The summed E-state index contributed by atoms with van der Waals surface area (Å²) in [4.78, 5) is 22.9. The van der Waals surface area contributed by atoms with Crippen LogP contribution in [0.1, 0.15) is 10.4 Å². The van der Waals surface area contributed by atoms with E-state index < -0.39 is 5.97 Å². The van der Waals surface area contributed by atoms with Crippen molar-refractivity contribution in [3.8, 4) is 5.75 Å². The SMILES string of the molecule is O=C(O)c1cc(=O)n2c3c(cccc13)OCC2. The molecule has 2 aromatic rings. The van der Waals surface area contributed by atoms with E-state index in [0.717, 1.165) is 0 Å². The third-order valence-electron chi connectivity index (χ3n) is 2.90. The fourth-order valence-corrected chi connectivity index (χ4v) is 2.17. The first kappa shape index (κ1) is 9.89. The van der Waals surface area contributed by atoms with E-state index in [1.807, 2.05) is 0 Å². The number of pyridine rings is 1. The van der Waals surface area contributed by atoms with Crippen LogP contribution in [0.25, 0.3) is 10.9 Å². The summed E-state index contributed by atoms with van der Waals surface area (Å²) in [6.07, 6.45) is 0. The normalized spacial score (nSPS) is 13.4. The van der Waals surface area contributed by atoms with Gasteiger partial charge in [0.15, 0.2) is 0 Å². The Labute approximate surface area is 95.9 Å². The van der Waals surface area contributed by atoms with Gasteiger partial charge in [-0.15, -0.1) is 0 Å². The van der Waals surface area contributed by atoms with Crippen LogP contribution >= 0.6 is 0 Å². The van der Waals surface area contributed by atoms with Crippen molar-refractivity contribution in [2.24, 2.45) is 0 Å². The zero-order valence-corrected chi connectivity index (χ0v) is 8.84. The van der Waals surface area contributed by atoms with Crippen LogP contribution in [0.3, 0.4) is 0 Å². The molecular weight excluding hydrogens is 222 g/mol. The maximum atomic E-state index is 11.8. The number of benzene rings is 1. The van der Waals surface area contributed by atoms with Gasteiger partial charge in [-0.3, -0.25) is 4.79 Å². The van der Waals surface area contributed by atoms with Crippen LogP contribution in [0, 0.1) is 0 Å². The van der Waals surface area contributed by atoms with Gasteiger partial charge in [0.1, 0.15) is 12.4 Å². The second-order valence-electron chi connectivity index (χ2n) is 3.85. The number of aromatic carboxylic acids is 1. The number of carboxylic acid groups (broad SMARTS) is 1. The minimum absolute atomic E-state index is 0.0219. The molecular formula is C12H9NO4. The highest BCUT2D eigenvalue weighted by molar-refractivity contribution is 6.04. The minimum Gasteiger partial charge on any atom is -0.490 e. The number of nitrogens with zero attached hydrogens (tertiary/aromatic N) is 1. The highest BCUT2D eigenvalue weighted by Gasteiger charge is 2.19. The second-order valence-corrected chi connectivity index (χ2v) is 3.85. The molecule has 0 amide bonds. The quantitative estimate of drug-likeness (QED) is 0.797. The minimum atomic E-state index is -1.10. The average Bonchev–Trinajstić information content (AvgIpc) is 2.33. The highest BCUT2D eigenvalue weighted by atomic mass is 16.5. The fraction of sp³-hybridized carbons (Fsp3) is 0.167. The molecule has 0 radical (unpaired) electrons. The lowest BCUT2D eigenvalue weighted by Crippen LogP contribution is -2.28. The zero-order valence-electron chi connectivity index (χ0n) is 8.84. The molecule has 0 spiro atoms. The predicted molar refractivity (Wildman–Crippen MR) is 60.7 cm³/mol. The van der Waals surface area contributed by atoms with Gasteiger partial charge in [-0.1, -0.05) is 12.1 Å². The van der Waals surface area contributed by atoms with Gasteiger partial charge in [0.2, 0.25) is 0 Å². The Balaban J connectivity index is 2.54. The Morgan fingerprint density at radius 2 is 2.24 bits per heavy atom. The van der Waals surface area contributed by atoms with E-state index in [1.165, 1.54) is 6.07 Å². The van der Waals surface area contributed by atoms with Gasteiger partial charge in [-0.25, -0.2) is 4.79 Å². The molecule has 1 aromatic heterocycles. The molecule has 0 saturated heterocycles. The first-order valence-electron chi connectivity index (χ1n) is 5.21. The summed E-state index contributed by atoms with van der Waals surface area (Å²) in [6.45, 7) is 0.880. The molecule has 0 bridgehead atoms. The molecule has 17 heavy (non-hydrogen) atoms. The molecule has 0 fully saturated rings. The summed E-state index contributed by atoms with van der Waals surface area (Å²) in [5.74, 6) is -0.536. The van der Waals surface area contributed by atoms with Crippen molar-refractivity contribution >= 4 is 16.9 Å². The van der Waals surface area contributed by atoms with Gasteiger partial charge in [-0.05, 0) is 6.07 Å². The topological polar surface area (TPSA) is 68.5 Å². The standard InChI is InChI=1S/C12H9NO4/c14-10-6-8(12(15)16)7-2-1-3-9-11(7)13(10)4-5-17-9/h1-3,6H,4-5H2,(H,15,16). The first-order chi connectivity index (χ1) is 8.18. The van der Waals surface area contributed by atoms with Crippen LogP contribution in [-0.4, -0.2) is 22.2 Å². The molecule has 2 heterocycles. The molecule has 1 aromatic carbocycles. The Bertz CT molecular complexity index is 687. The lowest BCUT2D eigenvalue weighted by atomic mass is 10.1. The smallest absolute Gasteiger partial charge is 0.336 e. The average molecular weight is 231 g/mol. The molecule has 0 aliphatic carbocycles. The van der Waals surface area contributed by atoms with E-state index in [-0.39, 0.29) is 11.1 Å². The lowest BCUT2D eigenvalue weighted by molar-refractivity contribution is 0.0698. The van der Waals surface area contributed by atoms with Gasteiger partial charge in [0.25, 0.3) is 5.56 Å². The predicted octanol–water partition coefficient (Wildman–Crippen LogP) is 1.09. The molecule has 1 aliphatic heterocycles. The van der Waals surface area contributed by atoms with Crippen molar-refractivity contribution in [2.45, 2.75) is 6.54 Å². The van der Waals surface area contributed by atoms with Gasteiger partial charge < -0.3 is 14.4 Å². The molecule has 0 saturated carbocycles. The monoisotopic (exact) mass is 231 g/mol. The van der Waals surface area contributed by atoms with Crippen molar-refractivity contribution in [2.75, 3.05) is 6.61 Å². The number of para-hydroxylation sites is 1. The van der Waals surface area contributed by atoms with E-state index in [1.54, 1.807) is 22.8 Å². The Morgan fingerprint density at radius 1 is 1.41 bits per heavy atom. The van der Waals surface area contributed by atoms with Crippen molar-refractivity contribution in [3.63, 3.8) is 0 Å². The van der Waals surface area contributed by atoms with Crippen LogP contribution in [0.5, 0.6) is 5.75 Å². The first-order valence-corrected chi connectivity index (χ1v) is 5.21. The third-order valence-corrected chi connectivity index (χ3v) is 2.90. The van der Waals surface area contributed by atoms with Gasteiger partial charge in [0.05, 0.1) is 17.6 Å². The zero-order chi connectivity index (χ0) is 12.0. The van der Waals surface area contributed by atoms with E-state index >= 15 is 0 Å². The van der Waals surface area contributed by atoms with Crippen LogP contribution in [0.15, 0.2) is 29.1 Å². The number of carbonyl (C=O) groups is 1. The van der Waals surface area contributed by atoms with Crippen LogP contribution in [0.4, 0.5) is 0 Å². The van der Waals surface area contributed by atoms with Gasteiger partial charge in [-0.2, -0.15) is 0 Å². The van der Waals surface area contributed by atoms with Crippen molar-refractivity contribution in [1.29, 1.82) is 0 Å². The van der Waals surface area contributed by atoms with Gasteiger partial charge >= 0.3 is 5.97 Å². The molecule has 5 nitrogen and oxygen atoms in total. The summed E-state index contributed by atoms with van der Waals surface area (Å²) in [5, 5.41) is 9.63. The molecule has 0 atom stereocenters. The van der Waals surface area contributed by atoms with E-state index in [4.69, 9.17) is 9.84 Å². The maximum Gasteiger partial charge on any atom is 0.336 e. The number of aromatic nitrogens is 1. The summed E-state index contributed by atoms with van der Waals surface area (Å²) >= 11 is 0. The number of hydrogen-bond donors (Lipinski definition) is 1. The van der Waals surface area contributed by atoms with E-state index in [9.17, 15) is 9.59 Å². The number of rotatable bonds is 1. The van der Waals surface area contributed by atoms with E-state index in [0.29, 0.717) is 29.8 Å². The number of hydrogen-bond acceptors (Lipinski definition) is 3. The number of carboxylic acids is 1. The lowest BCUT2D eigenvalue weighted by Gasteiger charge is -2.20. The Hall–Kier alpha value is -2.30. The Morgan fingerprint density at radius 3 is 3.00 bits per heavy atom. The summed E-state index contributed by atoms with van der Waals surface area (Å²) in [5.41, 5.74) is 0.294. The summed E-state index contributed by atoms with van der Waals surface area (Å²) in [6, 6.07) is 6.32. The van der Waals surface area contributed by atoms with Crippen LogP contribution in [0.2, 0.25) is 0 Å². The molecule has 1 N–H and O–H groups in total. The summed E-state index contributed by atoms with van der Waals surface area (Å²) < 4.78 is 6.99. The van der Waals surface area contributed by atoms with Crippen LogP contribution < -0.4 is 10.3 Å². The highest BCUT2D eigenvalue weighted by Crippen LogP contribution is 2.29. The van der Waals surface area contributed by atoms with Gasteiger partial charge in [0, 0.05) is 11.5 Å². The number of ether oxygens (including phenoxy) is 1. The fourth-order valence-electron chi connectivity index (χ4n) is 2.17.